The van der Waals surface area contributed by atoms with Crippen LogP contribution in [0.4, 0.5) is 13.2 Å². The number of sulfonamides is 1. The van der Waals surface area contributed by atoms with Crippen molar-refractivity contribution >= 4 is 22.0 Å². The van der Waals surface area contributed by atoms with Crippen molar-refractivity contribution in [2.24, 2.45) is 0 Å². The van der Waals surface area contributed by atoms with Crippen molar-refractivity contribution in [1.29, 1.82) is 0 Å². The zero-order valence-electron chi connectivity index (χ0n) is 18.2. The molecule has 1 N–H and O–H groups in total. The Hall–Kier alpha value is -3.59. The first-order valence-electron chi connectivity index (χ1n) is 10.2. The second-order valence-corrected chi connectivity index (χ2v) is 9.28. The number of ether oxygens (including phenoxy) is 1. The highest BCUT2D eigenvalue weighted by molar-refractivity contribution is 7.89. The summed E-state index contributed by atoms with van der Waals surface area (Å²) in [6.45, 7) is 0.218. The number of carbonyl (C=O) groups excluding carboxylic acids is 1. The van der Waals surface area contributed by atoms with Crippen molar-refractivity contribution in [3.8, 4) is 16.9 Å². The average molecular weight is 490 g/mol. The second kappa shape index (κ2) is 10.6. The summed E-state index contributed by atoms with van der Waals surface area (Å²) in [5.74, 6) is -0.0219. The Morgan fingerprint density at radius 2 is 1.62 bits per heavy atom. The summed E-state index contributed by atoms with van der Waals surface area (Å²) in [6, 6.07) is 19.3. The highest BCUT2D eigenvalue weighted by atomic mass is 32.2. The van der Waals surface area contributed by atoms with Crippen LogP contribution in [-0.4, -0.2) is 27.2 Å². The lowest BCUT2D eigenvalue weighted by Gasteiger charge is -2.09. The molecule has 178 valence electrons. The van der Waals surface area contributed by atoms with Crippen LogP contribution in [0.1, 0.15) is 16.7 Å². The van der Waals surface area contributed by atoms with E-state index in [1.807, 2.05) is 29.0 Å². The number of rotatable bonds is 8. The van der Waals surface area contributed by atoms with Crippen LogP contribution in [0.25, 0.3) is 17.2 Å². The predicted octanol–water partition coefficient (Wildman–Crippen LogP) is 5.08. The van der Waals surface area contributed by atoms with Gasteiger partial charge in [0.05, 0.1) is 18.2 Å². The Morgan fingerprint density at radius 1 is 0.971 bits per heavy atom. The molecule has 0 aliphatic carbocycles. The largest absolute Gasteiger partial charge is 0.490 e. The lowest BCUT2D eigenvalue weighted by Crippen LogP contribution is -2.30. The third kappa shape index (κ3) is 7.77. The molecule has 0 spiro atoms. The van der Waals surface area contributed by atoms with Gasteiger partial charge in [-0.3, -0.25) is 9.52 Å². The topological polar surface area (TPSA) is 72.5 Å². The van der Waals surface area contributed by atoms with Gasteiger partial charge in [0.1, 0.15) is 12.4 Å². The van der Waals surface area contributed by atoms with Gasteiger partial charge in [-0.1, -0.05) is 54.6 Å². The molecule has 3 aromatic rings. The molecule has 3 rings (SSSR count). The summed E-state index contributed by atoms with van der Waals surface area (Å²) >= 11 is 0. The molecule has 0 fully saturated rings. The molecule has 5 nitrogen and oxygen atoms in total. The van der Waals surface area contributed by atoms with E-state index in [9.17, 15) is 26.4 Å². The number of carbonyl (C=O) groups is 1. The molecule has 0 aliphatic heterocycles. The van der Waals surface area contributed by atoms with E-state index in [0.717, 1.165) is 29.5 Å². The fraction of sp³-hybridized carbons (Fsp3) is 0.160. The SMILES string of the molecule is CS(=O)(=O)NC(=O)Cc1cccc(-c2cccc(OC/C=C/c3ccc(C(F)(F)F)cc3)c2)c1. The minimum Gasteiger partial charge on any atom is -0.490 e. The smallest absolute Gasteiger partial charge is 0.416 e. The Kier molecular flexibility index (Phi) is 7.78. The summed E-state index contributed by atoms with van der Waals surface area (Å²) in [6.07, 6.45) is -0.138. The van der Waals surface area contributed by atoms with Crippen molar-refractivity contribution in [3.05, 3.63) is 95.6 Å². The van der Waals surface area contributed by atoms with Crippen molar-refractivity contribution < 1.29 is 31.1 Å². The first-order chi connectivity index (χ1) is 16.0. The maximum atomic E-state index is 12.6. The van der Waals surface area contributed by atoms with E-state index in [4.69, 9.17) is 4.74 Å². The van der Waals surface area contributed by atoms with Crippen molar-refractivity contribution in [3.63, 3.8) is 0 Å². The molecule has 0 heterocycles. The molecule has 0 saturated heterocycles. The highest BCUT2D eigenvalue weighted by Crippen LogP contribution is 2.29. The number of alkyl halides is 3. The van der Waals surface area contributed by atoms with E-state index in [1.54, 1.807) is 36.4 Å². The molecule has 0 aliphatic rings. The number of hydrogen-bond donors (Lipinski definition) is 1. The maximum absolute atomic E-state index is 12.6. The first kappa shape index (κ1) is 25.0. The summed E-state index contributed by atoms with van der Waals surface area (Å²) in [7, 11) is -3.61. The fourth-order valence-electron chi connectivity index (χ4n) is 3.17. The molecule has 1 amide bonds. The predicted molar refractivity (Wildman–Crippen MR) is 125 cm³/mol. The van der Waals surface area contributed by atoms with Gasteiger partial charge in [-0.15, -0.1) is 0 Å². The van der Waals surface area contributed by atoms with Gasteiger partial charge in [-0.2, -0.15) is 13.2 Å². The molecule has 0 atom stereocenters. The Balaban J connectivity index is 1.62. The normalized spacial score (nSPS) is 12.0. The molecule has 3 aromatic carbocycles. The monoisotopic (exact) mass is 489 g/mol. The standard InChI is InChI=1S/C25H22F3NO4S/c1-34(31,32)29-24(30)16-19-5-2-7-20(15-19)21-8-3-9-23(17-21)33-14-4-6-18-10-12-22(13-11-18)25(26,27)28/h2-13,15,17H,14,16H2,1H3,(H,29,30)/b6-4+. The van der Waals surface area contributed by atoms with Crippen LogP contribution in [0.5, 0.6) is 5.75 Å². The Morgan fingerprint density at radius 3 is 2.26 bits per heavy atom. The van der Waals surface area contributed by atoms with E-state index in [0.29, 0.717) is 16.9 Å². The molecular weight excluding hydrogens is 467 g/mol. The van der Waals surface area contributed by atoms with Crippen LogP contribution in [0, 0.1) is 0 Å². The quantitative estimate of drug-likeness (QED) is 0.479. The van der Waals surface area contributed by atoms with Crippen LogP contribution < -0.4 is 9.46 Å². The van der Waals surface area contributed by atoms with Crippen LogP contribution in [0.2, 0.25) is 0 Å². The van der Waals surface area contributed by atoms with Gasteiger partial charge in [-0.25, -0.2) is 8.42 Å². The zero-order valence-corrected chi connectivity index (χ0v) is 19.0. The van der Waals surface area contributed by atoms with Crippen LogP contribution >= 0.6 is 0 Å². The third-order valence-electron chi connectivity index (χ3n) is 4.65. The van der Waals surface area contributed by atoms with E-state index in [-0.39, 0.29) is 13.0 Å². The maximum Gasteiger partial charge on any atom is 0.416 e. The summed E-state index contributed by atoms with van der Waals surface area (Å²) < 4.78 is 68.0. The molecule has 34 heavy (non-hydrogen) atoms. The molecule has 0 radical (unpaired) electrons. The van der Waals surface area contributed by atoms with Gasteiger partial charge >= 0.3 is 6.18 Å². The van der Waals surface area contributed by atoms with Gasteiger partial charge in [0.25, 0.3) is 0 Å². The minimum atomic E-state index is -4.36. The fourth-order valence-corrected chi connectivity index (χ4v) is 3.65. The van der Waals surface area contributed by atoms with Gasteiger partial charge in [-0.05, 0) is 52.6 Å². The lowest BCUT2D eigenvalue weighted by atomic mass is 10.0. The molecule has 0 aromatic heterocycles. The number of halogens is 3. The Labute approximate surface area is 195 Å². The van der Waals surface area contributed by atoms with Crippen molar-refractivity contribution in [2.75, 3.05) is 12.9 Å². The zero-order chi connectivity index (χ0) is 24.8. The van der Waals surface area contributed by atoms with E-state index < -0.39 is 27.7 Å². The van der Waals surface area contributed by atoms with Gasteiger partial charge in [0.2, 0.25) is 15.9 Å². The summed E-state index contributed by atoms with van der Waals surface area (Å²) in [5, 5.41) is 0. The van der Waals surface area contributed by atoms with Crippen molar-refractivity contribution in [1.82, 2.24) is 4.72 Å². The van der Waals surface area contributed by atoms with Crippen molar-refractivity contribution in [2.45, 2.75) is 12.6 Å². The average Bonchev–Trinajstić information content (AvgIpc) is 2.75. The lowest BCUT2D eigenvalue weighted by molar-refractivity contribution is -0.137. The summed E-state index contributed by atoms with van der Waals surface area (Å²) in [5.41, 5.74) is 2.26. The minimum absolute atomic E-state index is 0.0775. The molecule has 0 saturated carbocycles. The van der Waals surface area contributed by atoms with Gasteiger partial charge in [0, 0.05) is 0 Å². The number of nitrogens with one attached hydrogen (secondary N) is 1. The molecule has 0 unspecified atom stereocenters. The van der Waals surface area contributed by atoms with E-state index in [2.05, 4.69) is 0 Å². The highest BCUT2D eigenvalue weighted by Gasteiger charge is 2.29. The number of hydrogen-bond acceptors (Lipinski definition) is 4. The van der Waals surface area contributed by atoms with Crippen LogP contribution in [0.15, 0.2) is 78.9 Å². The van der Waals surface area contributed by atoms with Crippen LogP contribution in [0.3, 0.4) is 0 Å². The van der Waals surface area contributed by atoms with Gasteiger partial charge < -0.3 is 4.74 Å². The molecule has 0 bridgehead atoms. The number of amides is 1. The van der Waals surface area contributed by atoms with Crippen LogP contribution in [-0.2, 0) is 27.4 Å². The van der Waals surface area contributed by atoms with E-state index in [1.165, 1.54) is 12.1 Å². The number of benzene rings is 3. The third-order valence-corrected chi connectivity index (χ3v) is 5.25. The van der Waals surface area contributed by atoms with Gasteiger partial charge in [0.15, 0.2) is 0 Å². The first-order valence-corrected chi connectivity index (χ1v) is 12.1. The second-order valence-electron chi connectivity index (χ2n) is 7.54. The van der Waals surface area contributed by atoms with E-state index >= 15 is 0 Å². The molecule has 9 heteroatoms. The Bertz CT molecular complexity index is 1280. The summed E-state index contributed by atoms with van der Waals surface area (Å²) in [4.78, 5) is 11.9. The molecular formula is C25H22F3NO4S.